The lowest BCUT2D eigenvalue weighted by atomic mass is 10.1. The van der Waals surface area contributed by atoms with Crippen molar-refractivity contribution in [2.45, 2.75) is 18.7 Å². The van der Waals surface area contributed by atoms with Crippen LogP contribution in [0.1, 0.15) is 13.8 Å². The molecule has 0 radical (unpaired) electrons. The third-order valence-corrected chi connectivity index (χ3v) is 8.45. The van der Waals surface area contributed by atoms with E-state index >= 15 is 0 Å². The van der Waals surface area contributed by atoms with E-state index in [0.29, 0.717) is 37.4 Å². The average Bonchev–Trinajstić information content (AvgIpc) is 3.26. The lowest BCUT2D eigenvalue weighted by Gasteiger charge is -2.33. The predicted molar refractivity (Wildman–Crippen MR) is 140 cm³/mol. The van der Waals surface area contributed by atoms with Gasteiger partial charge >= 0.3 is 0 Å². The van der Waals surface area contributed by atoms with Gasteiger partial charge in [-0.25, -0.2) is 22.8 Å². The van der Waals surface area contributed by atoms with Crippen LogP contribution in [0.4, 0.5) is 4.39 Å². The van der Waals surface area contributed by atoms with Gasteiger partial charge in [0.05, 0.1) is 24.1 Å². The Bertz CT molecular complexity index is 1640. The van der Waals surface area contributed by atoms with Crippen molar-refractivity contribution in [3.8, 4) is 28.5 Å². The second-order valence-electron chi connectivity index (χ2n) is 8.89. The molecule has 3 aromatic heterocycles. The first-order valence-electron chi connectivity index (χ1n) is 12.3. The van der Waals surface area contributed by atoms with Crippen molar-refractivity contribution in [2.75, 3.05) is 39.3 Å². The number of hydrogen-bond acceptors (Lipinski definition) is 8. The Hall–Kier alpha value is -3.68. The monoisotopic (exact) mass is 541 g/mol. The highest BCUT2D eigenvalue weighted by atomic mass is 32.2. The summed E-state index contributed by atoms with van der Waals surface area (Å²) in [5.41, 5.74) is 1.22. The van der Waals surface area contributed by atoms with Gasteiger partial charge in [-0.2, -0.15) is 9.40 Å². The number of H-pyrrole nitrogens is 1. The second-order valence-corrected chi connectivity index (χ2v) is 10.8. The maximum absolute atomic E-state index is 13.5. The Morgan fingerprint density at radius 2 is 1.79 bits per heavy atom. The molecule has 0 aliphatic carbocycles. The molecular weight excluding hydrogens is 513 g/mol. The number of nitrogens with zero attached hydrogens (tertiary/aromatic N) is 6. The number of ether oxygens (including phenoxy) is 1. The van der Waals surface area contributed by atoms with Crippen molar-refractivity contribution in [2.24, 2.45) is 7.05 Å². The van der Waals surface area contributed by atoms with Crippen molar-refractivity contribution >= 4 is 21.1 Å². The van der Waals surface area contributed by atoms with Gasteiger partial charge in [-0.15, -0.1) is 0 Å². The fourth-order valence-electron chi connectivity index (χ4n) is 4.57. The van der Waals surface area contributed by atoms with Crippen LogP contribution in [-0.2, 0) is 17.1 Å². The minimum atomic E-state index is -3.84. The number of sulfonamides is 1. The fraction of sp³-hybridized carbons (Fsp3) is 0.360. The first-order chi connectivity index (χ1) is 18.2. The Labute approximate surface area is 218 Å². The Kier molecular flexibility index (Phi) is 6.99. The SMILES string of the molecule is CCOc1ncc(S(=O)(=O)N2CCN(CC)CC2)cc1-c1nc2c(-c3ccc(F)cc3)n(C)nc2c(=O)[nH]1. The molecule has 0 saturated carbocycles. The van der Waals surface area contributed by atoms with E-state index in [2.05, 4.69) is 25.0 Å². The summed E-state index contributed by atoms with van der Waals surface area (Å²) in [7, 11) is -2.18. The quantitative estimate of drug-likeness (QED) is 0.378. The van der Waals surface area contributed by atoms with Gasteiger partial charge in [-0.3, -0.25) is 9.48 Å². The number of nitrogens with one attached hydrogen (secondary N) is 1. The molecule has 1 aromatic carbocycles. The van der Waals surface area contributed by atoms with Crippen LogP contribution in [0.3, 0.4) is 0 Å². The van der Waals surface area contributed by atoms with Crippen molar-refractivity contribution in [3.63, 3.8) is 0 Å². The fourth-order valence-corrected chi connectivity index (χ4v) is 5.96. The topological polar surface area (TPSA) is 126 Å². The summed E-state index contributed by atoms with van der Waals surface area (Å²) in [4.78, 5) is 26.9. The Morgan fingerprint density at radius 1 is 1.08 bits per heavy atom. The van der Waals surface area contributed by atoms with E-state index in [1.165, 1.54) is 33.4 Å². The first kappa shape index (κ1) is 25.9. The molecule has 1 aliphatic heterocycles. The van der Waals surface area contributed by atoms with Gasteiger partial charge in [0.25, 0.3) is 5.56 Å². The summed E-state index contributed by atoms with van der Waals surface area (Å²) in [6.45, 7) is 6.98. The summed E-state index contributed by atoms with van der Waals surface area (Å²) in [6.07, 6.45) is 1.26. The molecule has 1 aliphatic rings. The number of pyridine rings is 1. The summed E-state index contributed by atoms with van der Waals surface area (Å²) >= 11 is 0. The molecule has 1 N–H and O–H groups in total. The van der Waals surface area contributed by atoms with E-state index in [9.17, 15) is 17.6 Å². The zero-order valence-corrected chi connectivity index (χ0v) is 22.1. The molecule has 0 atom stereocenters. The zero-order valence-electron chi connectivity index (χ0n) is 21.3. The Morgan fingerprint density at radius 3 is 2.45 bits per heavy atom. The van der Waals surface area contributed by atoms with E-state index in [4.69, 9.17) is 4.74 Å². The number of rotatable bonds is 7. The molecule has 4 aromatic rings. The number of benzene rings is 1. The van der Waals surface area contributed by atoms with Crippen LogP contribution in [0.2, 0.25) is 0 Å². The van der Waals surface area contributed by atoms with Gasteiger partial charge in [0, 0.05) is 38.8 Å². The number of fused-ring (bicyclic) bond motifs is 1. The van der Waals surface area contributed by atoms with E-state index in [1.54, 1.807) is 26.1 Å². The molecule has 4 heterocycles. The van der Waals surface area contributed by atoms with Crippen molar-refractivity contribution in [3.05, 3.63) is 52.7 Å². The van der Waals surface area contributed by atoms with Crippen molar-refractivity contribution in [1.82, 2.24) is 33.9 Å². The molecule has 1 fully saturated rings. The van der Waals surface area contributed by atoms with Crippen molar-refractivity contribution < 1.29 is 17.5 Å². The molecule has 38 heavy (non-hydrogen) atoms. The summed E-state index contributed by atoms with van der Waals surface area (Å²) in [5.74, 6) is -0.173. The number of aromatic amines is 1. The molecule has 0 bridgehead atoms. The number of hydrogen-bond donors (Lipinski definition) is 1. The van der Waals surface area contributed by atoms with Crippen molar-refractivity contribution in [1.29, 1.82) is 0 Å². The average molecular weight is 542 g/mol. The lowest BCUT2D eigenvalue weighted by molar-refractivity contribution is 0.196. The second kappa shape index (κ2) is 10.2. The molecule has 0 unspecified atom stereocenters. The maximum Gasteiger partial charge on any atom is 0.279 e. The molecule has 5 rings (SSSR count). The largest absolute Gasteiger partial charge is 0.477 e. The Balaban J connectivity index is 1.64. The van der Waals surface area contributed by atoms with Gasteiger partial charge in [-0.05, 0) is 43.8 Å². The molecule has 1 saturated heterocycles. The number of likely N-dealkylation sites (N-methyl/N-ethyl adjacent to an activating group) is 1. The highest BCUT2D eigenvalue weighted by Crippen LogP contribution is 2.32. The summed E-state index contributed by atoms with van der Waals surface area (Å²) in [5, 5.41) is 4.30. The standard InChI is InChI=1S/C25H28FN7O4S/c1-4-32-10-12-33(13-11-32)38(35,36)18-14-19(25(27-15-18)37-5-2)23-28-20-21(24(34)29-23)30-31(3)22(20)16-6-8-17(26)9-7-16/h6-9,14-15H,4-5,10-13H2,1-3H3,(H,28,29,34). The third kappa shape index (κ3) is 4.68. The van der Waals surface area contributed by atoms with E-state index in [0.717, 1.165) is 6.54 Å². The molecular formula is C25H28FN7O4S. The van der Waals surface area contributed by atoms with Crippen LogP contribution in [0.5, 0.6) is 5.88 Å². The molecule has 13 heteroatoms. The van der Waals surface area contributed by atoms with E-state index in [1.807, 2.05) is 6.92 Å². The maximum atomic E-state index is 13.5. The lowest BCUT2D eigenvalue weighted by Crippen LogP contribution is -2.48. The van der Waals surface area contributed by atoms with Gasteiger partial charge in [0.2, 0.25) is 15.9 Å². The molecule has 200 valence electrons. The molecule has 11 nitrogen and oxygen atoms in total. The summed E-state index contributed by atoms with van der Waals surface area (Å²) < 4.78 is 49.1. The normalized spacial score (nSPS) is 15.3. The van der Waals surface area contributed by atoms with Gasteiger partial charge in [-0.1, -0.05) is 6.92 Å². The van der Waals surface area contributed by atoms with E-state index < -0.39 is 21.4 Å². The summed E-state index contributed by atoms with van der Waals surface area (Å²) in [6, 6.07) is 7.21. The van der Waals surface area contributed by atoms with Gasteiger partial charge < -0.3 is 14.6 Å². The van der Waals surface area contributed by atoms with Crippen LogP contribution >= 0.6 is 0 Å². The van der Waals surface area contributed by atoms with Gasteiger partial charge in [0.1, 0.15) is 22.1 Å². The van der Waals surface area contributed by atoms with Crippen LogP contribution < -0.4 is 10.3 Å². The third-order valence-electron chi connectivity index (χ3n) is 6.59. The number of piperazine rings is 1. The van der Waals surface area contributed by atoms with Crippen LogP contribution in [0, 0.1) is 5.82 Å². The van der Waals surface area contributed by atoms with Crippen LogP contribution in [-0.4, -0.2) is 81.7 Å². The number of halogens is 1. The number of aryl methyl sites for hydroxylation is 1. The molecule has 0 amide bonds. The predicted octanol–water partition coefficient (Wildman–Crippen LogP) is 2.25. The first-order valence-corrected chi connectivity index (χ1v) is 13.8. The number of aromatic nitrogens is 5. The smallest absolute Gasteiger partial charge is 0.279 e. The molecule has 0 spiro atoms. The van der Waals surface area contributed by atoms with E-state index in [-0.39, 0.29) is 39.8 Å². The minimum Gasteiger partial charge on any atom is -0.477 e. The minimum absolute atomic E-state index is 0.0198. The highest BCUT2D eigenvalue weighted by molar-refractivity contribution is 7.89. The van der Waals surface area contributed by atoms with Crippen LogP contribution in [0.15, 0.2) is 46.2 Å². The highest BCUT2D eigenvalue weighted by Gasteiger charge is 2.30. The zero-order chi connectivity index (χ0) is 27.0. The van der Waals surface area contributed by atoms with Crippen LogP contribution in [0.25, 0.3) is 33.7 Å². The van der Waals surface area contributed by atoms with Gasteiger partial charge in [0.15, 0.2) is 5.52 Å².